The summed E-state index contributed by atoms with van der Waals surface area (Å²) < 4.78 is 6.16. The molecule has 0 heterocycles. The van der Waals surface area contributed by atoms with Gasteiger partial charge in [0, 0.05) is 5.41 Å². The van der Waals surface area contributed by atoms with Crippen LogP contribution in [0.5, 0.6) is 0 Å². The molecular weight excluding hydrogens is 516 g/mol. The van der Waals surface area contributed by atoms with Crippen LogP contribution in [0.2, 0.25) is 0 Å². The van der Waals surface area contributed by atoms with E-state index in [4.69, 9.17) is 4.74 Å². The van der Waals surface area contributed by atoms with Gasteiger partial charge in [0.1, 0.15) is 6.10 Å². The van der Waals surface area contributed by atoms with E-state index in [0.717, 1.165) is 64.2 Å². The van der Waals surface area contributed by atoms with Crippen molar-refractivity contribution in [2.75, 3.05) is 0 Å². The second-order valence-corrected chi connectivity index (χ2v) is 16.7. The van der Waals surface area contributed by atoms with Crippen LogP contribution in [0.1, 0.15) is 119 Å². The fraction of sp³-hybridized carbons (Fsp3) is 0.857. The molecule has 5 aliphatic carbocycles. The zero-order valence-electron chi connectivity index (χ0n) is 26.6. The average molecular weight is 571 g/mol. The molecule has 0 spiro atoms. The minimum absolute atomic E-state index is 0.131. The van der Waals surface area contributed by atoms with E-state index in [1.807, 2.05) is 0 Å². The first kappa shape index (κ1) is 30.6. The molecule has 0 aromatic carbocycles. The van der Waals surface area contributed by atoms with Gasteiger partial charge in [-0.2, -0.15) is 0 Å². The molecule has 0 aliphatic heterocycles. The quantitative estimate of drug-likeness (QED) is 0.250. The summed E-state index contributed by atoms with van der Waals surface area (Å²) in [5.41, 5.74) is -0.353. The summed E-state index contributed by atoms with van der Waals surface area (Å²) in [6.45, 7) is 19.4. The molecule has 0 bridgehead atoms. The number of ether oxygens (including phenoxy) is 1. The van der Waals surface area contributed by atoms with E-state index >= 15 is 0 Å². The van der Waals surface area contributed by atoms with Gasteiger partial charge in [-0.1, -0.05) is 39.8 Å². The minimum atomic E-state index is -1.06. The first-order valence-electron chi connectivity index (χ1n) is 16.2. The average Bonchev–Trinajstić information content (AvgIpc) is 3.26. The standard InChI is InChI=1S/C35H54O6/c1-20(2)21-11-17-35(29(38)39)18-12-23-22(28(21)35)9-10-25-33(23,7)15-13-24-32(5,6)26(14-16-34(24,25)8)41-30(40)31(3,4)19-27(36)37/h21-26,28H,1,9-19H2,2-8H3,(H,36,37)(H,38,39)/t21-,22?,23?,24?,25?,26-,28?,33-,34-,35-/m0/s1. The lowest BCUT2D eigenvalue weighted by Crippen LogP contribution is -2.64. The molecular formula is C35H54O6. The summed E-state index contributed by atoms with van der Waals surface area (Å²) in [5, 5.41) is 19.8. The minimum Gasteiger partial charge on any atom is -0.481 e. The Morgan fingerprint density at radius 2 is 1.49 bits per heavy atom. The van der Waals surface area contributed by atoms with Crippen LogP contribution in [0.25, 0.3) is 0 Å². The third-order valence-corrected chi connectivity index (χ3v) is 14.0. The molecule has 5 rings (SSSR count). The second kappa shape index (κ2) is 9.84. The predicted octanol–water partition coefficient (Wildman–Crippen LogP) is 7.75. The Labute approximate surface area is 247 Å². The van der Waals surface area contributed by atoms with Crippen molar-refractivity contribution < 1.29 is 29.3 Å². The Morgan fingerprint density at radius 3 is 2.10 bits per heavy atom. The van der Waals surface area contributed by atoms with Crippen molar-refractivity contribution in [1.82, 2.24) is 0 Å². The van der Waals surface area contributed by atoms with E-state index in [2.05, 4.69) is 41.2 Å². The van der Waals surface area contributed by atoms with Gasteiger partial charge in [-0.05, 0) is 131 Å². The van der Waals surface area contributed by atoms with Crippen LogP contribution in [0.15, 0.2) is 12.2 Å². The number of hydrogen-bond donors (Lipinski definition) is 2. The number of carbonyl (C=O) groups excluding carboxylic acids is 1. The van der Waals surface area contributed by atoms with E-state index in [0.29, 0.717) is 29.6 Å². The van der Waals surface area contributed by atoms with Crippen LogP contribution >= 0.6 is 0 Å². The highest BCUT2D eigenvalue weighted by Crippen LogP contribution is 2.74. The van der Waals surface area contributed by atoms with Crippen LogP contribution in [0.4, 0.5) is 0 Å². The predicted molar refractivity (Wildman–Crippen MR) is 158 cm³/mol. The van der Waals surface area contributed by atoms with Crippen molar-refractivity contribution in [2.24, 2.45) is 62.6 Å². The van der Waals surface area contributed by atoms with Gasteiger partial charge < -0.3 is 14.9 Å². The van der Waals surface area contributed by atoms with Crippen molar-refractivity contribution in [3.05, 3.63) is 12.2 Å². The molecule has 5 aliphatic rings. The number of carboxylic acid groups (broad SMARTS) is 2. The highest BCUT2D eigenvalue weighted by molar-refractivity contribution is 5.82. The maximum absolute atomic E-state index is 13.1. The molecule has 5 saturated carbocycles. The summed E-state index contributed by atoms with van der Waals surface area (Å²) in [7, 11) is 0. The molecule has 41 heavy (non-hydrogen) atoms. The number of fused-ring (bicyclic) bond motifs is 7. The molecule has 2 N–H and O–H groups in total. The molecule has 5 fully saturated rings. The fourth-order valence-corrected chi connectivity index (χ4v) is 12.1. The van der Waals surface area contributed by atoms with Crippen molar-refractivity contribution in [3.63, 3.8) is 0 Å². The van der Waals surface area contributed by atoms with E-state index in [-0.39, 0.29) is 34.7 Å². The van der Waals surface area contributed by atoms with Crippen LogP contribution in [-0.2, 0) is 19.1 Å². The Hall–Kier alpha value is -1.85. The SMILES string of the molecule is C=C(C)[C@@H]1CC[C@]2(C(=O)O)CCC3C(CCC4[C@@]3(C)CCC3C(C)(C)[C@@H](OC(=O)C(C)(C)CC(=O)O)CC[C@@]34C)C12. The summed E-state index contributed by atoms with van der Waals surface area (Å²) in [5.74, 6) is 0.538. The Kier molecular flexibility index (Phi) is 7.34. The topological polar surface area (TPSA) is 101 Å². The number of aliphatic carboxylic acids is 2. The van der Waals surface area contributed by atoms with Gasteiger partial charge in [-0.3, -0.25) is 14.4 Å². The third-order valence-electron chi connectivity index (χ3n) is 14.0. The molecule has 6 heteroatoms. The zero-order valence-corrected chi connectivity index (χ0v) is 26.6. The lowest BCUT2D eigenvalue weighted by Gasteiger charge is -2.69. The van der Waals surface area contributed by atoms with E-state index in [1.54, 1.807) is 13.8 Å². The molecule has 0 saturated heterocycles. The Balaban J connectivity index is 1.40. The summed E-state index contributed by atoms with van der Waals surface area (Å²) in [6, 6.07) is 0. The first-order chi connectivity index (χ1) is 18.9. The molecule has 6 nitrogen and oxygen atoms in total. The van der Waals surface area contributed by atoms with Crippen LogP contribution in [-0.4, -0.2) is 34.2 Å². The molecule has 0 aromatic rings. The summed E-state index contributed by atoms with van der Waals surface area (Å²) in [6.07, 6.45) is 9.42. The summed E-state index contributed by atoms with van der Waals surface area (Å²) >= 11 is 0. The number of esters is 1. The molecule has 0 radical (unpaired) electrons. The number of carboxylic acids is 2. The lowest BCUT2D eigenvalue weighted by atomic mass is 9.36. The molecule has 5 unspecified atom stereocenters. The van der Waals surface area contributed by atoms with Gasteiger partial charge in [0.15, 0.2) is 0 Å². The van der Waals surface area contributed by atoms with E-state index < -0.39 is 28.7 Å². The molecule has 230 valence electrons. The Bertz CT molecular complexity index is 1120. The van der Waals surface area contributed by atoms with Gasteiger partial charge in [-0.15, -0.1) is 0 Å². The first-order valence-corrected chi connectivity index (χ1v) is 16.2. The van der Waals surface area contributed by atoms with E-state index in [1.165, 1.54) is 5.57 Å². The van der Waals surface area contributed by atoms with Crippen LogP contribution in [0, 0.1) is 62.6 Å². The van der Waals surface area contributed by atoms with Gasteiger partial charge in [0.05, 0.1) is 17.3 Å². The van der Waals surface area contributed by atoms with E-state index in [9.17, 15) is 24.6 Å². The Morgan fingerprint density at radius 1 is 0.854 bits per heavy atom. The monoisotopic (exact) mass is 570 g/mol. The van der Waals surface area contributed by atoms with Crippen LogP contribution < -0.4 is 0 Å². The highest BCUT2D eigenvalue weighted by Gasteiger charge is 2.68. The van der Waals surface area contributed by atoms with Crippen molar-refractivity contribution >= 4 is 17.9 Å². The molecule has 0 aromatic heterocycles. The zero-order chi connectivity index (χ0) is 30.3. The largest absolute Gasteiger partial charge is 0.481 e. The highest BCUT2D eigenvalue weighted by atomic mass is 16.5. The van der Waals surface area contributed by atoms with Gasteiger partial charge in [0.2, 0.25) is 0 Å². The normalized spacial score (nSPS) is 44.9. The van der Waals surface area contributed by atoms with Crippen molar-refractivity contribution in [2.45, 2.75) is 125 Å². The second-order valence-electron chi connectivity index (χ2n) is 16.7. The maximum atomic E-state index is 13.1. The van der Waals surface area contributed by atoms with Crippen LogP contribution in [0.3, 0.4) is 0 Å². The fourth-order valence-electron chi connectivity index (χ4n) is 12.1. The number of carbonyl (C=O) groups is 3. The number of rotatable bonds is 6. The third kappa shape index (κ3) is 4.42. The number of allylic oxidation sites excluding steroid dienone is 1. The molecule has 0 amide bonds. The number of hydrogen-bond acceptors (Lipinski definition) is 4. The van der Waals surface area contributed by atoms with Gasteiger partial charge in [0.25, 0.3) is 0 Å². The lowest BCUT2D eigenvalue weighted by molar-refractivity contribution is -0.226. The molecule has 10 atom stereocenters. The van der Waals surface area contributed by atoms with Crippen molar-refractivity contribution in [3.8, 4) is 0 Å². The van der Waals surface area contributed by atoms with Crippen molar-refractivity contribution in [1.29, 1.82) is 0 Å². The maximum Gasteiger partial charge on any atom is 0.312 e. The summed E-state index contributed by atoms with van der Waals surface area (Å²) in [4.78, 5) is 37.3. The smallest absolute Gasteiger partial charge is 0.312 e. The van der Waals surface area contributed by atoms with Gasteiger partial charge >= 0.3 is 17.9 Å². The van der Waals surface area contributed by atoms with Gasteiger partial charge in [-0.25, -0.2) is 0 Å².